The molecule has 0 aliphatic carbocycles. The lowest BCUT2D eigenvalue weighted by Crippen LogP contribution is -2.31. The summed E-state index contributed by atoms with van der Waals surface area (Å²) in [5.41, 5.74) is 0.810. The van der Waals surface area contributed by atoms with E-state index < -0.39 is 0 Å². The molecule has 1 aromatic rings. The SMILES string of the molecule is CC(C)CN(CCOCCO)c1ccc(F)cc1Cl. The van der Waals surface area contributed by atoms with E-state index in [0.717, 1.165) is 12.2 Å². The first-order valence-corrected chi connectivity index (χ1v) is 6.81. The van der Waals surface area contributed by atoms with Gasteiger partial charge in [-0.2, -0.15) is 0 Å². The third-order valence-electron chi connectivity index (χ3n) is 2.58. The number of nitrogens with zero attached hydrogens (tertiary/aromatic N) is 1. The monoisotopic (exact) mass is 289 g/mol. The van der Waals surface area contributed by atoms with Gasteiger partial charge >= 0.3 is 0 Å². The van der Waals surface area contributed by atoms with E-state index in [1.165, 1.54) is 12.1 Å². The predicted molar refractivity (Wildman–Crippen MR) is 76.4 cm³/mol. The van der Waals surface area contributed by atoms with Crippen molar-refractivity contribution < 1.29 is 14.2 Å². The van der Waals surface area contributed by atoms with Crippen molar-refractivity contribution >= 4 is 17.3 Å². The van der Waals surface area contributed by atoms with Gasteiger partial charge in [0.25, 0.3) is 0 Å². The Labute approximate surface area is 118 Å². The Bertz CT molecular complexity index is 388. The van der Waals surface area contributed by atoms with Crippen LogP contribution in [0.1, 0.15) is 13.8 Å². The number of anilines is 1. The number of halogens is 2. The zero-order valence-corrected chi connectivity index (χ0v) is 12.2. The second-order valence-electron chi connectivity index (χ2n) is 4.77. The van der Waals surface area contributed by atoms with Crippen molar-refractivity contribution in [1.82, 2.24) is 0 Å². The van der Waals surface area contributed by atoms with Gasteiger partial charge in [-0.25, -0.2) is 4.39 Å². The Kier molecular flexibility index (Phi) is 7.13. The van der Waals surface area contributed by atoms with E-state index >= 15 is 0 Å². The first-order chi connectivity index (χ1) is 9.04. The summed E-state index contributed by atoms with van der Waals surface area (Å²) in [6.07, 6.45) is 0. The fraction of sp³-hybridized carbons (Fsp3) is 0.571. The van der Waals surface area contributed by atoms with Crippen molar-refractivity contribution in [3.63, 3.8) is 0 Å². The molecule has 1 aromatic carbocycles. The van der Waals surface area contributed by atoms with Gasteiger partial charge in [0, 0.05) is 13.1 Å². The fourth-order valence-electron chi connectivity index (χ4n) is 1.83. The Morgan fingerprint density at radius 3 is 2.68 bits per heavy atom. The highest BCUT2D eigenvalue weighted by Gasteiger charge is 2.12. The second kappa shape index (κ2) is 8.35. The van der Waals surface area contributed by atoms with Crippen molar-refractivity contribution in [2.24, 2.45) is 5.92 Å². The van der Waals surface area contributed by atoms with Crippen LogP contribution in [-0.2, 0) is 4.74 Å². The van der Waals surface area contributed by atoms with Crippen molar-refractivity contribution in [3.8, 4) is 0 Å². The molecule has 0 atom stereocenters. The summed E-state index contributed by atoms with van der Waals surface area (Å²) >= 11 is 6.09. The molecule has 0 unspecified atom stereocenters. The summed E-state index contributed by atoms with van der Waals surface area (Å²) in [4.78, 5) is 2.07. The summed E-state index contributed by atoms with van der Waals surface area (Å²) < 4.78 is 18.3. The maximum atomic E-state index is 13.1. The predicted octanol–water partition coefficient (Wildman–Crippen LogP) is 2.95. The van der Waals surface area contributed by atoms with Gasteiger partial charge in [-0.15, -0.1) is 0 Å². The molecule has 108 valence electrons. The highest BCUT2D eigenvalue weighted by molar-refractivity contribution is 6.33. The lowest BCUT2D eigenvalue weighted by molar-refractivity contribution is 0.0964. The molecular formula is C14H21ClFNO2. The molecule has 0 saturated carbocycles. The minimum absolute atomic E-state index is 0.0154. The van der Waals surface area contributed by atoms with Gasteiger partial charge in [0.2, 0.25) is 0 Å². The van der Waals surface area contributed by atoms with Crippen molar-refractivity contribution in [1.29, 1.82) is 0 Å². The van der Waals surface area contributed by atoms with E-state index in [0.29, 0.717) is 30.7 Å². The third kappa shape index (κ3) is 5.76. The molecule has 1 rings (SSSR count). The second-order valence-corrected chi connectivity index (χ2v) is 5.18. The van der Waals surface area contributed by atoms with Crippen LogP contribution in [0.25, 0.3) is 0 Å². The molecule has 0 spiro atoms. The van der Waals surface area contributed by atoms with Crippen LogP contribution in [0.5, 0.6) is 0 Å². The first-order valence-electron chi connectivity index (χ1n) is 6.43. The maximum Gasteiger partial charge on any atom is 0.124 e. The van der Waals surface area contributed by atoms with Crippen LogP contribution in [0, 0.1) is 11.7 Å². The highest BCUT2D eigenvalue weighted by Crippen LogP contribution is 2.27. The average molecular weight is 290 g/mol. The average Bonchev–Trinajstić information content (AvgIpc) is 2.33. The molecule has 0 saturated heterocycles. The molecule has 0 radical (unpaired) electrons. The third-order valence-corrected chi connectivity index (χ3v) is 2.88. The standard InChI is InChI=1S/C14H21ClFNO2/c1-11(2)10-17(5-7-19-8-6-18)14-4-3-12(16)9-13(14)15/h3-4,9,11,18H,5-8,10H2,1-2H3. The summed E-state index contributed by atoms with van der Waals surface area (Å²) in [5, 5.41) is 9.07. The normalized spacial score (nSPS) is 11.1. The smallest absolute Gasteiger partial charge is 0.124 e. The summed E-state index contributed by atoms with van der Waals surface area (Å²) in [6.45, 7) is 6.53. The molecular weight excluding hydrogens is 269 g/mol. The number of ether oxygens (including phenoxy) is 1. The van der Waals surface area contributed by atoms with Gasteiger partial charge in [0.05, 0.1) is 30.5 Å². The Morgan fingerprint density at radius 2 is 2.11 bits per heavy atom. The molecule has 5 heteroatoms. The van der Waals surface area contributed by atoms with E-state index in [2.05, 4.69) is 18.7 Å². The van der Waals surface area contributed by atoms with E-state index in [9.17, 15) is 4.39 Å². The molecule has 3 nitrogen and oxygen atoms in total. The first kappa shape index (κ1) is 16.2. The van der Waals surface area contributed by atoms with E-state index in [1.54, 1.807) is 6.07 Å². The molecule has 0 aromatic heterocycles. The number of rotatable bonds is 8. The van der Waals surface area contributed by atoms with Crippen molar-refractivity contribution in [2.75, 3.05) is 37.8 Å². The van der Waals surface area contributed by atoms with Crippen LogP contribution in [-0.4, -0.2) is 38.0 Å². The molecule has 0 heterocycles. The van der Waals surface area contributed by atoms with Gasteiger partial charge in [-0.05, 0) is 24.1 Å². The topological polar surface area (TPSA) is 32.7 Å². The minimum atomic E-state index is -0.338. The van der Waals surface area contributed by atoms with Gasteiger partial charge in [-0.1, -0.05) is 25.4 Å². The van der Waals surface area contributed by atoms with E-state index in [1.807, 2.05) is 0 Å². The summed E-state index contributed by atoms with van der Waals surface area (Å²) in [7, 11) is 0. The number of hydrogen-bond acceptors (Lipinski definition) is 3. The number of aliphatic hydroxyl groups excluding tert-OH is 1. The number of hydrogen-bond donors (Lipinski definition) is 1. The largest absolute Gasteiger partial charge is 0.394 e. The van der Waals surface area contributed by atoms with Crippen molar-refractivity contribution in [2.45, 2.75) is 13.8 Å². The summed E-state index contributed by atoms with van der Waals surface area (Å²) in [6, 6.07) is 4.41. The van der Waals surface area contributed by atoms with Crippen molar-refractivity contribution in [3.05, 3.63) is 29.0 Å². The van der Waals surface area contributed by atoms with Gasteiger partial charge in [0.1, 0.15) is 5.82 Å². The maximum absolute atomic E-state index is 13.1. The molecule has 0 bridgehead atoms. The van der Waals surface area contributed by atoms with Crippen LogP contribution < -0.4 is 4.90 Å². The molecule has 19 heavy (non-hydrogen) atoms. The number of benzene rings is 1. The van der Waals surface area contributed by atoms with Crippen LogP contribution in [0.4, 0.5) is 10.1 Å². The van der Waals surface area contributed by atoms with E-state index in [4.69, 9.17) is 21.4 Å². The Balaban J connectivity index is 2.71. The fourth-order valence-corrected chi connectivity index (χ4v) is 2.12. The van der Waals surface area contributed by atoms with E-state index in [-0.39, 0.29) is 12.4 Å². The molecule has 0 aliphatic rings. The lowest BCUT2D eigenvalue weighted by atomic mass is 10.2. The minimum Gasteiger partial charge on any atom is -0.394 e. The molecule has 1 N–H and O–H groups in total. The van der Waals surface area contributed by atoms with Crippen LogP contribution in [0.15, 0.2) is 18.2 Å². The molecule has 0 amide bonds. The Hall–Kier alpha value is -0.840. The quantitative estimate of drug-likeness (QED) is 0.747. The zero-order chi connectivity index (χ0) is 14.3. The molecule has 0 fully saturated rings. The van der Waals surface area contributed by atoms with Crippen LogP contribution in [0.2, 0.25) is 5.02 Å². The van der Waals surface area contributed by atoms with Crippen LogP contribution in [0.3, 0.4) is 0 Å². The Morgan fingerprint density at radius 1 is 1.37 bits per heavy atom. The highest BCUT2D eigenvalue weighted by atomic mass is 35.5. The van der Waals surface area contributed by atoms with Crippen LogP contribution >= 0.6 is 11.6 Å². The van der Waals surface area contributed by atoms with Gasteiger partial charge in [0.15, 0.2) is 0 Å². The molecule has 0 aliphatic heterocycles. The summed E-state index contributed by atoms with van der Waals surface area (Å²) in [5.74, 6) is 0.119. The van der Waals surface area contributed by atoms with Gasteiger partial charge < -0.3 is 14.7 Å². The zero-order valence-electron chi connectivity index (χ0n) is 11.4. The van der Waals surface area contributed by atoms with Gasteiger partial charge in [-0.3, -0.25) is 0 Å². The number of aliphatic hydroxyl groups is 1. The lowest BCUT2D eigenvalue weighted by Gasteiger charge is -2.27.